The molecule has 0 aliphatic rings. The van der Waals surface area contributed by atoms with Crippen molar-refractivity contribution >= 4 is 34.7 Å². The molecule has 0 atom stereocenters. The molecule has 0 saturated carbocycles. The molecule has 0 aliphatic heterocycles. The monoisotopic (exact) mass is 406 g/mol. The van der Waals surface area contributed by atoms with E-state index in [1.54, 1.807) is 4.68 Å². The summed E-state index contributed by atoms with van der Waals surface area (Å²) in [5.41, 5.74) is 6.42. The Morgan fingerprint density at radius 2 is 1.90 bits per heavy atom. The second-order valence-corrected chi connectivity index (χ2v) is 7.04. The van der Waals surface area contributed by atoms with Gasteiger partial charge >= 0.3 is 5.91 Å². The van der Waals surface area contributed by atoms with E-state index < -0.39 is 5.91 Å². The van der Waals surface area contributed by atoms with Crippen LogP contribution in [0.3, 0.4) is 0 Å². The van der Waals surface area contributed by atoms with Crippen molar-refractivity contribution in [1.29, 1.82) is 0 Å². The zero-order valence-electron chi connectivity index (χ0n) is 16.0. The Hall–Kier alpha value is -3.38. The van der Waals surface area contributed by atoms with Crippen LogP contribution < -0.4 is 5.43 Å². The Bertz CT molecular complexity index is 1210. The fourth-order valence-electron chi connectivity index (χ4n) is 3.17. The van der Waals surface area contributed by atoms with Gasteiger partial charge in [-0.2, -0.15) is 10.2 Å². The van der Waals surface area contributed by atoms with Gasteiger partial charge in [-0.15, -0.1) is 0 Å². The number of amides is 1. The van der Waals surface area contributed by atoms with Crippen molar-refractivity contribution in [2.75, 3.05) is 0 Å². The quantitative estimate of drug-likeness (QED) is 0.385. The number of hydrazone groups is 1. The van der Waals surface area contributed by atoms with Gasteiger partial charge in [0, 0.05) is 10.9 Å². The largest absolute Gasteiger partial charge is 0.451 e. The minimum absolute atomic E-state index is 0.242. The summed E-state index contributed by atoms with van der Waals surface area (Å²) in [6.07, 6.45) is 1.50. The van der Waals surface area contributed by atoms with Crippen molar-refractivity contribution in [2.24, 2.45) is 5.10 Å². The van der Waals surface area contributed by atoms with Crippen molar-refractivity contribution in [3.63, 3.8) is 0 Å². The lowest BCUT2D eigenvalue weighted by molar-refractivity contribution is 0.0929. The first-order valence-electron chi connectivity index (χ1n) is 9.13. The number of furan rings is 1. The van der Waals surface area contributed by atoms with E-state index in [4.69, 9.17) is 16.0 Å². The summed E-state index contributed by atoms with van der Waals surface area (Å²) in [6, 6.07) is 17.4. The second-order valence-electron chi connectivity index (χ2n) is 6.68. The summed E-state index contributed by atoms with van der Waals surface area (Å²) >= 11 is 6.47. The van der Waals surface area contributed by atoms with E-state index in [9.17, 15) is 4.79 Å². The number of para-hydroxylation sites is 1. The molecule has 146 valence electrons. The maximum Gasteiger partial charge on any atom is 0.307 e. The summed E-state index contributed by atoms with van der Waals surface area (Å²) in [6.45, 7) is 4.25. The number of carbonyl (C=O) groups excluding carboxylic acids is 1. The highest BCUT2D eigenvalue weighted by Gasteiger charge is 2.17. The molecule has 0 spiro atoms. The Labute approximate surface area is 172 Å². The number of benzene rings is 2. The van der Waals surface area contributed by atoms with Crippen molar-refractivity contribution in [3.8, 4) is 0 Å². The van der Waals surface area contributed by atoms with Gasteiger partial charge in [0.15, 0.2) is 5.76 Å². The SMILES string of the molecule is Cc1nn(Cc2ccccc2)c(Cl)c1/C=N\NC(=O)c1oc2ccccc2c1C. The van der Waals surface area contributed by atoms with Gasteiger partial charge in [0.1, 0.15) is 10.7 Å². The number of halogens is 1. The molecule has 0 fully saturated rings. The third kappa shape index (κ3) is 3.79. The molecule has 1 N–H and O–H groups in total. The summed E-state index contributed by atoms with van der Waals surface area (Å²) < 4.78 is 7.36. The smallest absolute Gasteiger partial charge is 0.307 e. The molecule has 4 aromatic rings. The van der Waals surface area contributed by atoms with Crippen LogP contribution in [0.15, 0.2) is 64.1 Å². The summed E-state index contributed by atoms with van der Waals surface area (Å²) in [5.74, 6) is -0.175. The van der Waals surface area contributed by atoms with Gasteiger partial charge in [0.2, 0.25) is 0 Å². The van der Waals surface area contributed by atoms with E-state index in [0.717, 1.165) is 22.2 Å². The number of hydrogen-bond acceptors (Lipinski definition) is 4. The number of nitrogens with one attached hydrogen (secondary N) is 1. The van der Waals surface area contributed by atoms with E-state index in [0.29, 0.717) is 22.8 Å². The average molecular weight is 407 g/mol. The van der Waals surface area contributed by atoms with Gasteiger partial charge in [0.25, 0.3) is 0 Å². The van der Waals surface area contributed by atoms with Gasteiger partial charge in [-0.3, -0.25) is 4.79 Å². The molecular formula is C22H19ClN4O2. The molecule has 6 nitrogen and oxygen atoms in total. The molecule has 29 heavy (non-hydrogen) atoms. The standard InChI is InChI=1S/C22H19ClN4O2/c1-14-17-10-6-7-11-19(17)29-20(14)22(28)25-24-12-18-15(2)26-27(21(18)23)13-16-8-4-3-5-9-16/h3-12H,13H2,1-2H3,(H,25,28)/b24-12-. The zero-order chi connectivity index (χ0) is 20.4. The van der Waals surface area contributed by atoms with Gasteiger partial charge in [-0.1, -0.05) is 60.1 Å². The van der Waals surface area contributed by atoms with E-state index >= 15 is 0 Å². The molecule has 1 amide bonds. The normalized spacial score (nSPS) is 11.4. The molecular weight excluding hydrogens is 388 g/mol. The second kappa shape index (κ2) is 7.93. The van der Waals surface area contributed by atoms with Crippen LogP contribution in [0, 0.1) is 13.8 Å². The lowest BCUT2D eigenvalue weighted by Crippen LogP contribution is -2.17. The minimum Gasteiger partial charge on any atom is -0.451 e. The molecule has 4 rings (SSSR count). The lowest BCUT2D eigenvalue weighted by Gasteiger charge is -2.03. The maximum absolute atomic E-state index is 12.5. The molecule has 2 aromatic heterocycles. The first-order valence-corrected chi connectivity index (χ1v) is 9.50. The Morgan fingerprint density at radius 3 is 2.66 bits per heavy atom. The van der Waals surface area contributed by atoms with E-state index in [1.807, 2.05) is 68.4 Å². The zero-order valence-corrected chi connectivity index (χ0v) is 16.8. The van der Waals surface area contributed by atoms with Crippen LogP contribution in [-0.4, -0.2) is 21.9 Å². The lowest BCUT2D eigenvalue weighted by atomic mass is 10.1. The van der Waals surface area contributed by atoms with Gasteiger partial charge in [0.05, 0.1) is 24.0 Å². The van der Waals surface area contributed by atoms with E-state index in [2.05, 4.69) is 15.6 Å². The van der Waals surface area contributed by atoms with Gasteiger partial charge in [-0.25, -0.2) is 10.1 Å². The molecule has 0 saturated heterocycles. The Morgan fingerprint density at radius 1 is 1.17 bits per heavy atom. The summed E-state index contributed by atoms with van der Waals surface area (Å²) in [4.78, 5) is 12.5. The fraction of sp³-hybridized carbons (Fsp3) is 0.136. The number of rotatable bonds is 5. The minimum atomic E-state index is -0.416. The van der Waals surface area contributed by atoms with Crippen molar-refractivity contribution < 1.29 is 9.21 Å². The number of aromatic nitrogens is 2. The molecule has 2 heterocycles. The predicted octanol–water partition coefficient (Wildman–Crippen LogP) is 4.71. The highest BCUT2D eigenvalue weighted by molar-refractivity contribution is 6.32. The third-order valence-corrected chi connectivity index (χ3v) is 5.09. The number of nitrogens with zero attached hydrogens (tertiary/aromatic N) is 3. The number of carbonyl (C=O) groups is 1. The number of hydrogen-bond donors (Lipinski definition) is 1. The van der Waals surface area contributed by atoms with Crippen LogP contribution in [0.5, 0.6) is 0 Å². The maximum atomic E-state index is 12.5. The Kier molecular flexibility index (Phi) is 5.18. The van der Waals surface area contributed by atoms with Crippen LogP contribution in [0.25, 0.3) is 11.0 Å². The van der Waals surface area contributed by atoms with Crippen molar-refractivity contribution in [1.82, 2.24) is 15.2 Å². The van der Waals surface area contributed by atoms with E-state index in [1.165, 1.54) is 6.21 Å². The van der Waals surface area contributed by atoms with Crippen LogP contribution in [0.1, 0.15) is 32.9 Å². The van der Waals surface area contributed by atoms with Crippen LogP contribution >= 0.6 is 11.6 Å². The highest BCUT2D eigenvalue weighted by atomic mass is 35.5. The predicted molar refractivity (Wildman–Crippen MR) is 114 cm³/mol. The first kappa shape index (κ1) is 19.0. The van der Waals surface area contributed by atoms with Gasteiger partial charge < -0.3 is 4.42 Å². The van der Waals surface area contributed by atoms with Crippen LogP contribution in [0.2, 0.25) is 5.15 Å². The van der Waals surface area contributed by atoms with Crippen molar-refractivity contribution in [2.45, 2.75) is 20.4 Å². The van der Waals surface area contributed by atoms with Crippen LogP contribution in [-0.2, 0) is 6.54 Å². The molecule has 0 aliphatic carbocycles. The summed E-state index contributed by atoms with van der Waals surface area (Å²) in [5, 5.41) is 9.88. The fourth-order valence-corrected chi connectivity index (χ4v) is 3.46. The Balaban J connectivity index is 1.50. The summed E-state index contributed by atoms with van der Waals surface area (Å²) in [7, 11) is 0. The van der Waals surface area contributed by atoms with Gasteiger partial charge in [-0.05, 0) is 25.5 Å². The number of aryl methyl sites for hydroxylation is 2. The van der Waals surface area contributed by atoms with Crippen LogP contribution in [0.4, 0.5) is 0 Å². The highest BCUT2D eigenvalue weighted by Crippen LogP contribution is 2.24. The molecule has 0 bridgehead atoms. The van der Waals surface area contributed by atoms with E-state index in [-0.39, 0.29) is 5.76 Å². The topological polar surface area (TPSA) is 72.4 Å². The number of fused-ring (bicyclic) bond motifs is 1. The van der Waals surface area contributed by atoms with Crippen molar-refractivity contribution in [3.05, 3.63) is 87.9 Å². The first-order chi connectivity index (χ1) is 14.0. The average Bonchev–Trinajstić information content (AvgIpc) is 3.20. The molecule has 0 radical (unpaired) electrons. The molecule has 2 aromatic carbocycles. The molecule has 7 heteroatoms. The third-order valence-electron chi connectivity index (χ3n) is 4.69. The molecule has 0 unspecified atom stereocenters.